The van der Waals surface area contributed by atoms with E-state index in [0.29, 0.717) is 12.2 Å². The summed E-state index contributed by atoms with van der Waals surface area (Å²) in [5.74, 6) is 0.257. The second-order valence-corrected chi connectivity index (χ2v) is 5.34. The van der Waals surface area contributed by atoms with E-state index in [0.717, 1.165) is 31.1 Å². The SMILES string of the molecule is CCCCCC[C](C)OOC(=O)c1ccc(OCCC)cc1. The molecule has 0 unspecified atom stereocenters. The lowest BCUT2D eigenvalue weighted by Gasteiger charge is -2.10. The topological polar surface area (TPSA) is 44.8 Å². The van der Waals surface area contributed by atoms with Crippen LogP contribution in [-0.2, 0) is 9.78 Å². The van der Waals surface area contributed by atoms with Crippen molar-refractivity contribution in [2.24, 2.45) is 0 Å². The van der Waals surface area contributed by atoms with Gasteiger partial charge in [0.05, 0.1) is 12.2 Å². The van der Waals surface area contributed by atoms with Crippen LogP contribution in [-0.4, -0.2) is 12.6 Å². The van der Waals surface area contributed by atoms with Crippen LogP contribution in [0.15, 0.2) is 24.3 Å². The summed E-state index contributed by atoms with van der Waals surface area (Å²) in [5, 5.41) is 0. The van der Waals surface area contributed by atoms with Crippen molar-refractivity contribution >= 4 is 5.97 Å². The van der Waals surface area contributed by atoms with Crippen molar-refractivity contribution in [2.45, 2.75) is 59.3 Å². The first-order chi connectivity index (χ1) is 10.7. The highest BCUT2D eigenvalue weighted by molar-refractivity contribution is 5.89. The minimum atomic E-state index is -0.491. The molecule has 1 rings (SSSR count). The number of benzene rings is 1. The van der Waals surface area contributed by atoms with Crippen LogP contribution in [0.2, 0.25) is 0 Å². The highest BCUT2D eigenvalue weighted by Crippen LogP contribution is 2.16. The quantitative estimate of drug-likeness (QED) is 0.324. The molecule has 0 amide bonds. The Kier molecular flexibility index (Phi) is 9.31. The van der Waals surface area contributed by atoms with Gasteiger partial charge in [0, 0.05) is 0 Å². The molecule has 1 aromatic carbocycles. The van der Waals surface area contributed by atoms with Gasteiger partial charge in [0.2, 0.25) is 0 Å². The molecule has 0 bridgehead atoms. The maximum atomic E-state index is 11.8. The normalized spacial score (nSPS) is 10.7. The van der Waals surface area contributed by atoms with Gasteiger partial charge in [0.1, 0.15) is 11.9 Å². The Morgan fingerprint density at radius 1 is 0.955 bits per heavy atom. The Labute approximate surface area is 133 Å². The summed E-state index contributed by atoms with van der Waals surface area (Å²) in [5.41, 5.74) is 0.447. The molecule has 0 spiro atoms. The van der Waals surface area contributed by atoms with Crippen LogP contribution >= 0.6 is 0 Å². The van der Waals surface area contributed by atoms with E-state index in [9.17, 15) is 4.79 Å². The lowest BCUT2D eigenvalue weighted by Crippen LogP contribution is -2.08. The second kappa shape index (κ2) is 11.1. The number of ether oxygens (including phenoxy) is 1. The standard InChI is InChI=1S/C18H27O4/c1-4-6-7-8-9-15(3)21-22-18(19)16-10-12-17(13-11-16)20-14-5-2/h10-13H,4-9,14H2,1-3H3. The summed E-state index contributed by atoms with van der Waals surface area (Å²) >= 11 is 0. The fourth-order valence-corrected chi connectivity index (χ4v) is 1.91. The van der Waals surface area contributed by atoms with E-state index in [2.05, 4.69) is 6.92 Å². The molecule has 0 heterocycles. The Balaban J connectivity index is 2.29. The third-order valence-corrected chi connectivity index (χ3v) is 3.20. The summed E-state index contributed by atoms with van der Waals surface area (Å²) in [7, 11) is 0. The molecule has 0 aromatic heterocycles. The maximum absolute atomic E-state index is 11.8. The molecular formula is C18H27O4. The Bertz CT molecular complexity index is 414. The number of hydrogen-bond donors (Lipinski definition) is 0. The van der Waals surface area contributed by atoms with Crippen LogP contribution in [0, 0.1) is 6.10 Å². The van der Waals surface area contributed by atoms with Crippen LogP contribution in [0.4, 0.5) is 0 Å². The smallest absolute Gasteiger partial charge is 0.373 e. The maximum Gasteiger partial charge on any atom is 0.373 e. The van der Waals surface area contributed by atoms with Gasteiger partial charge in [-0.1, -0.05) is 39.5 Å². The van der Waals surface area contributed by atoms with E-state index in [1.807, 2.05) is 13.8 Å². The van der Waals surface area contributed by atoms with Gasteiger partial charge in [-0.25, -0.2) is 4.79 Å². The molecule has 0 fully saturated rings. The van der Waals surface area contributed by atoms with Crippen molar-refractivity contribution < 1.29 is 19.3 Å². The van der Waals surface area contributed by atoms with Crippen LogP contribution < -0.4 is 4.74 Å². The molecule has 0 aliphatic rings. The van der Waals surface area contributed by atoms with Gasteiger partial charge < -0.3 is 4.74 Å². The molecule has 0 aliphatic carbocycles. The number of hydrogen-bond acceptors (Lipinski definition) is 4. The van der Waals surface area contributed by atoms with E-state index >= 15 is 0 Å². The second-order valence-electron chi connectivity index (χ2n) is 5.34. The third kappa shape index (κ3) is 7.46. The van der Waals surface area contributed by atoms with Crippen molar-refractivity contribution in [1.82, 2.24) is 0 Å². The van der Waals surface area contributed by atoms with E-state index < -0.39 is 5.97 Å². The predicted molar refractivity (Wildman–Crippen MR) is 86.4 cm³/mol. The molecule has 123 valence electrons. The minimum Gasteiger partial charge on any atom is -0.494 e. The first-order valence-electron chi connectivity index (χ1n) is 8.11. The number of carbonyl (C=O) groups excluding carboxylic acids is 1. The van der Waals surface area contributed by atoms with E-state index in [4.69, 9.17) is 14.5 Å². The molecular weight excluding hydrogens is 280 g/mol. The van der Waals surface area contributed by atoms with Gasteiger partial charge >= 0.3 is 5.97 Å². The van der Waals surface area contributed by atoms with Crippen LogP contribution in [0.25, 0.3) is 0 Å². The highest BCUT2D eigenvalue weighted by atomic mass is 17.2. The lowest BCUT2D eigenvalue weighted by atomic mass is 10.1. The first-order valence-corrected chi connectivity index (χ1v) is 8.11. The zero-order valence-corrected chi connectivity index (χ0v) is 13.9. The van der Waals surface area contributed by atoms with E-state index in [-0.39, 0.29) is 0 Å². The predicted octanol–water partition coefficient (Wildman–Crippen LogP) is 5.09. The van der Waals surface area contributed by atoms with Crippen molar-refractivity contribution in [1.29, 1.82) is 0 Å². The van der Waals surface area contributed by atoms with Crippen LogP contribution in [0.3, 0.4) is 0 Å². The Morgan fingerprint density at radius 3 is 2.32 bits per heavy atom. The number of carbonyl (C=O) groups is 1. The Hall–Kier alpha value is -1.55. The molecule has 0 saturated carbocycles. The first kappa shape index (κ1) is 18.5. The molecule has 0 atom stereocenters. The van der Waals surface area contributed by atoms with Crippen molar-refractivity contribution in [3.05, 3.63) is 35.9 Å². The van der Waals surface area contributed by atoms with Crippen molar-refractivity contribution in [2.75, 3.05) is 6.61 Å². The summed E-state index contributed by atoms with van der Waals surface area (Å²) in [6.45, 7) is 6.72. The fraction of sp³-hybridized carbons (Fsp3) is 0.556. The average Bonchev–Trinajstić information content (AvgIpc) is 2.55. The van der Waals surface area contributed by atoms with Gasteiger partial charge in [-0.2, -0.15) is 4.89 Å². The van der Waals surface area contributed by atoms with Gasteiger partial charge in [0.25, 0.3) is 0 Å². The molecule has 22 heavy (non-hydrogen) atoms. The molecule has 4 nitrogen and oxygen atoms in total. The Morgan fingerprint density at radius 2 is 1.68 bits per heavy atom. The zero-order valence-electron chi connectivity index (χ0n) is 13.9. The molecule has 0 N–H and O–H groups in total. The van der Waals surface area contributed by atoms with E-state index in [1.165, 1.54) is 19.3 Å². The van der Waals surface area contributed by atoms with Gasteiger partial charge in [-0.05, 0) is 44.0 Å². The highest BCUT2D eigenvalue weighted by Gasteiger charge is 2.12. The average molecular weight is 307 g/mol. The monoisotopic (exact) mass is 307 g/mol. The molecule has 0 aliphatic heterocycles. The summed E-state index contributed by atoms with van der Waals surface area (Å²) in [6, 6.07) is 6.86. The van der Waals surface area contributed by atoms with Crippen molar-refractivity contribution in [3.8, 4) is 5.75 Å². The van der Waals surface area contributed by atoms with Gasteiger partial charge in [-0.3, -0.25) is 4.89 Å². The van der Waals surface area contributed by atoms with Crippen molar-refractivity contribution in [3.63, 3.8) is 0 Å². The number of rotatable bonds is 11. The fourth-order valence-electron chi connectivity index (χ4n) is 1.91. The van der Waals surface area contributed by atoms with Gasteiger partial charge in [-0.15, -0.1) is 0 Å². The van der Waals surface area contributed by atoms with Crippen LogP contribution in [0.5, 0.6) is 5.75 Å². The van der Waals surface area contributed by atoms with E-state index in [1.54, 1.807) is 24.3 Å². The van der Waals surface area contributed by atoms with Crippen LogP contribution in [0.1, 0.15) is 69.7 Å². The lowest BCUT2D eigenvalue weighted by molar-refractivity contribution is -0.233. The largest absolute Gasteiger partial charge is 0.494 e. The minimum absolute atomic E-state index is 0.447. The summed E-state index contributed by atoms with van der Waals surface area (Å²) in [4.78, 5) is 21.8. The molecule has 1 radical (unpaired) electrons. The molecule has 0 saturated heterocycles. The van der Waals surface area contributed by atoms with Gasteiger partial charge in [0.15, 0.2) is 0 Å². The summed E-state index contributed by atoms with van der Waals surface area (Å²) in [6.07, 6.45) is 7.15. The third-order valence-electron chi connectivity index (χ3n) is 3.20. The summed E-state index contributed by atoms with van der Waals surface area (Å²) < 4.78 is 5.46. The molecule has 4 heteroatoms. The zero-order chi connectivity index (χ0) is 16.2. The molecule has 1 aromatic rings. The number of unbranched alkanes of at least 4 members (excludes halogenated alkanes) is 3.